The highest BCUT2D eigenvalue weighted by atomic mass is 16.7. The van der Waals surface area contributed by atoms with Crippen molar-refractivity contribution in [2.24, 2.45) is 0 Å². The first kappa shape index (κ1) is 16.5. The molecule has 1 fully saturated rings. The normalized spacial score (nSPS) is 20.0. The van der Waals surface area contributed by atoms with Gasteiger partial charge in [-0.1, -0.05) is 0 Å². The number of nitrogen functional groups attached to an aromatic ring is 1. The lowest BCUT2D eigenvalue weighted by Crippen LogP contribution is -2.41. The molecule has 2 rings (SSSR count). The lowest BCUT2D eigenvalue weighted by Gasteiger charge is -2.32. The summed E-state index contributed by atoms with van der Waals surface area (Å²) in [4.78, 5) is 4.22. The summed E-state index contributed by atoms with van der Waals surface area (Å²) in [5, 5.41) is 10.4. The Balaban J connectivity index is 2.41. The summed E-state index contributed by atoms with van der Waals surface area (Å²) in [5.41, 5.74) is 7.28. The molecular formula is C15H23BN4O2. The quantitative estimate of drug-likeness (QED) is 0.573. The molecule has 0 saturated carbocycles. The molecule has 0 aromatic carbocycles. The van der Waals surface area contributed by atoms with Gasteiger partial charge in [0.2, 0.25) is 0 Å². The summed E-state index contributed by atoms with van der Waals surface area (Å²) in [6, 6.07) is 1.86. The number of nitrogens with two attached hydrogens (primary N) is 1. The highest BCUT2D eigenvalue weighted by molar-refractivity contribution is 6.63. The molecule has 1 saturated heterocycles. The molecule has 118 valence electrons. The maximum absolute atomic E-state index is 7.51. The Hall–Kier alpha value is -1.86. The molecule has 2 heterocycles. The number of allylic oxidation sites excluding steroid dienone is 1. The van der Waals surface area contributed by atoms with Gasteiger partial charge in [-0.05, 0) is 33.8 Å². The summed E-state index contributed by atoms with van der Waals surface area (Å²) in [5.74, 6) is 0.371. The predicted molar refractivity (Wildman–Crippen MR) is 90.2 cm³/mol. The smallest absolute Gasteiger partial charge is 0.399 e. The van der Waals surface area contributed by atoms with E-state index >= 15 is 0 Å². The van der Waals surface area contributed by atoms with Gasteiger partial charge in [-0.2, -0.15) is 0 Å². The number of nitrogens with one attached hydrogen (secondary N) is 2. The maximum atomic E-state index is 7.51. The molecule has 0 bridgehead atoms. The number of anilines is 1. The van der Waals surface area contributed by atoms with E-state index in [9.17, 15) is 0 Å². The number of nitrogens with zero attached hydrogens (tertiary/aromatic N) is 1. The molecule has 0 radical (unpaired) electrons. The highest BCUT2D eigenvalue weighted by Gasteiger charge is 2.52. The van der Waals surface area contributed by atoms with Gasteiger partial charge in [0.05, 0.1) is 11.2 Å². The minimum Gasteiger partial charge on any atom is -0.399 e. The van der Waals surface area contributed by atoms with Gasteiger partial charge >= 0.3 is 7.12 Å². The van der Waals surface area contributed by atoms with E-state index in [0.29, 0.717) is 16.9 Å². The topological polar surface area (TPSA) is 93.3 Å². The standard InChI is InChI=1S/C15H23BN4O2/c1-14(2)15(3,4)22-16(21-14)12-6-10(9-20-13(12)18)11(7-17)8-19-5/h6-9,17,19H,1-5H3,(H2,18,20)/b11-8+,17-7?. The van der Waals surface area contributed by atoms with Crippen molar-refractivity contribution >= 4 is 30.2 Å². The first-order valence-corrected chi connectivity index (χ1v) is 7.21. The molecule has 0 spiro atoms. The fraction of sp³-hybridized carbons (Fsp3) is 0.467. The van der Waals surface area contributed by atoms with Crippen LogP contribution in [-0.4, -0.2) is 36.6 Å². The molecule has 0 atom stereocenters. The molecule has 4 N–H and O–H groups in total. The molecule has 0 amide bonds. The molecule has 7 heteroatoms. The van der Waals surface area contributed by atoms with Gasteiger partial charge in [0.15, 0.2) is 0 Å². The largest absolute Gasteiger partial charge is 0.498 e. The van der Waals surface area contributed by atoms with Gasteiger partial charge in [0, 0.05) is 42.3 Å². The van der Waals surface area contributed by atoms with Crippen LogP contribution in [0.3, 0.4) is 0 Å². The second-order valence-corrected chi connectivity index (χ2v) is 6.32. The minimum absolute atomic E-state index is 0.371. The minimum atomic E-state index is -0.570. The monoisotopic (exact) mass is 302 g/mol. The van der Waals surface area contributed by atoms with Gasteiger partial charge < -0.3 is 25.8 Å². The average molecular weight is 302 g/mol. The van der Waals surface area contributed by atoms with Crippen molar-refractivity contribution in [1.29, 1.82) is 5.41 Å². The maximum Gasteiger partial charge on any atom is 0.498 e. The first-order valence-electron chi connectivity index (χ1n) is 7.21. The van der Waals surface area contributed by atoms with Crippen molar-refractivity contribution in [2.75, 3.05) is 12.8 Å². The summed E-state index contributed by atoms with van der Waals surface area (Å²) >= 11 is 0. The van der Waals surface area contributed by atoms with E-state index in [1.54, 1.807) is 19.4 Å². The molecule has 1 aromatic rings. The van der Waals surface area contributed by atoms with Crippen LogP contribution in [0.1, 0.15) is 33.3 Å². The lowest BCUT2D eigenvalue weighted by atomic mass is 9.78. The van der Waals surface area contributed by atoms with Gasteiger partial charge in [0.1, 0.15) is 5.82 Å². The Morgan fingerprint density at radius 2 is 1.91 bits per heavy atom. The van der Waals surface area contributed by atoms with E-state index < -0.39 is 18.3 Å². The summed E-state index contributed by atoms with van der Waals surface area (Å²) in [6.45, 7) is 7.96. The number of pyridine rings is 1. The van der Waals surface area contributed by atoms with Crippen LogP contribution >= 0.6 is 0 Å². The third-order valence-corrected chi connectivity index (χ3v) is 4.25. The number of rotatable bonds is 4. The third kappa shape index (κ3) is 2.87. The van der Waals surface area contributed by atoms with Crippen molar-refractivity contribution in [2.45, 2.75) is 38.9 Å². The molecule has 1 aromatic heterocycles. The van der Waals surface area contributed by atoms with Gasteiger partial charge in [-0.15, -0.1) is 0 Å². The molecule has 1 aliphatic heterocycles. The lowest BCUT2D eigenvalue weighted by molar-refractivity contribution is 0.00578. The Labute approximate surface area is 131 Å². The van der Waals surface area contributed by atoms with Crippen LogP contribution in [0.4, 0.5) is 5.82 Å². The second-order valence-electron chi connectivity index (χ2n) is 6.32. The zero-order valence-electron chi connectivity index (χ0n) is 13.7. The first-order chi connectivity index (χ1) is 10.2. The molecular weight excluding hydrogens is 279 g/mol. The van der Waals surface area contributed by atoms with Crippen molar-refractivity contribution in [3.63, 3.8) is 0 Å². The summed E-state index contributed by atoms with van der Waals surface area (Å²) in [7, 11) is 1.21. The number of hydrogen-bond acceptors (Lipinski definition) is 6. The fourth-order valence-corrected chi connectivity index (χ4v) is 2.17. The van der Waals surface area contributed by atoms with E-state index in [4.69, 9.17) is 20.5 Å². The summed E-state index contributed by atoms with van der Waals surface area (Å²) < 4.78 is 12.0. The zero-order chi connectivity index (χ0) is 16.5. The fourth-order valence-electron chi connectivity index (χ4n) is 2.17. The SMILES string of the molecule is CN/C=C(\C=N)c1cnc(N)c(B2OC(C)(C)C(C)(C)O2)c1. The van der Waals surface area contributed by atoms with E-state index in [1.807, 2.05) is 33.8 Å². The van der Waals surface area contributed by atoms with Crippen molar-refractivity contribution in [3.8, 4) is 0 Å². The summed E-state index contributed by atoms with van der Waals surface area (Å²) in [6.07, 6.45) is 4.63. The zero-order valence-corrected chi connectivity index (χ0v) is 13.7. The van der Waals surface area contributed by atoms with Crippen LogP contribution in [0.5, 0.6) is 0 Å². The Morgan fingerprint density at radius 3 is 2.41 bits per heavy atom. The Kier molecular flexibility index (Phi) is 4.31. The predicted octanol–water partition coefficient (Wildman–Crippen LogP) is 1.17. The van der Waals surface area contributed by atoms with Gasteiger partial charge in [-0.3, -0.25) is 0 Å². The third-order valence-electron chi connectivity index (χ3n) is 4.25. The van der Waals surface area contributed by atoms with E-state index in [2.05, 4.69) is 10.3 Å². The van der Waals surface area contributed by atoms with Crippen LogP contribution in [0.25, 0.3) is 5.57 Å². The van der Waals surface area contributed by atoms with Gasteiger partial charge in [-0.25, -0.2) is 4.98 Å². The van der Waals surface area contributed by atoms with E-state index in [0.717, 1.165) is 5.56 Å². The van der Waals surface area contributed by atoms with Crippen LogP contribution in [0.2, 0.25) is 0 Å². The van der Waals surface area contributed by atoms with Crippen LogP contribution in [0, 0.1) is 5.41 Å². The number of aromatic nitrogens is 1. The molecule has 0 unspecified atom stereocenters. The van der Waals surface area contributed by atoms with Crippen LogP contribution < -0.4 is 16.5 Å². The molecule has 22 heavy (non-hydrogen) atoms. The van der Waals surface area contributed by atoms with Crippen LogP contribution in [-0.2, 0) is 9.31 Å². The van der Waals surface area contributed by atoms with E-state index in [1.165, 1.54) is 6.21 Å². The van der Waals surface area contributed by atoms with Crippen molar-refractivity contribution in [3.05, 3.63) is 24.0 Å². The number of hydrogen-bond donors (Lipinski definition) is 3. The van der Waals surface area contributed by atoms with Crippen molar-refractivity contribution in [1.82, 2.24) is 10.3 Å². The van der Waals surface area contributed by atoms with Gasteiger partial charge in [0.25, 0.3) is 0 Å². The molecule has 0 aliphatic carbocycles. The average Bonchev–Trinajstić information content (AvgIpc) is 2.65. The van der Waals surface area contributed by atoms with E-state index in [-0.39, 0.29) is 0 Å². The van der Waals surface area contributed by atoms with Crippen LogP contribution in [0.15, 0.2) is 18.5 Å². The Bertz CT molecular complexity index is 598. The van der Waals surface area contributed by atoms with Crippen molar-refractivity contribution < 1.29 is 9.31 Å². The second kappa shape index (κ2) is 5.74. The molecule has 6 nitrogen and oxygen atoms in total. The Morgan fingerprint density at radius 1 is 1.32 bits per heavy atom. The highest BCUT2D eigenvalue weighted by Crippen LogP contribution is 2.36. The molecule has 1 aliphatic rings.